The number of nitrogens with one attached hydrogen (secondary N) is 1. The van der Waals surface area contributed by atoms with E-state index in [2.05, 4.69) is 5.32 Å². The number of ether oxygens (including phenoxy) is 1. The van der Waals surface area contributed by atoms with Crippen LogP contribution < -0.4 is 10.1 Å². The summed E-state index contributed by atoms with van der Waals surface area (Å²) in [6.07, 6.45) is 0.720. The molecule has 0 unspecified atom stereocenters. The van der Waals surface area contributed by atoms with Crippen molar-refractivity contribution in [2.24, 2.45) is 5.92 Å². The second kappa shape index (κ2) is 6.40. The number of hydrogen-bond donors (Lipinski definition) is 1. The second-order valence-corrected chi connectivity index (χ2v) is 4.45. The van der Waals surface area contributed by atoms with Gasteiger partial charge in [0.2, 0.25) is 0 Å². The largest absolute Gasteiger partial charge is 0.497 e. The highest BCUT2D eigenvalue weighted by atomic mass is 16.5. The van der Waals surface area contributed by atoms with Crippen molar-refractivity contribution in [2.75, 3.05) is 14.2 Å². The minimum absolute atomic E-state index is 0.0608. The SMILES string of the molecule is CN[C@@H](Cc1ccc(OC)cc1)C(=O)C(C)C. The molecule has 0 heterocycles. The lowest BCUT2D eigenvalue weighted by molar-refractivity contribution is -0.123. The van der Waals surface area contributed by atoms with E-state index in [1.165, 1.54) is 0 Å². The summed E-state index contributed by atoms with van der Waals surface area (Å²) >= 11 is 0. The minimum Gasteiger partial charge on any atom is -0.497 e. The molecule has 1 aromatic rings. The van der Waals surface area contributed by atoms with Gasteiger partial charge in [0.05, 0.1) is 13.2 Å². The summed E-state index contributed by atoms with van der Waals surface area (Å²) in [5.74, 6) is 1.15. The van der Waals surface area contributed by atoms with Gasteiger partial charge in [-0.3, -0.25) is 4.79 Å². The van der Waals surface area contributed by atoms with Crippen LogP contribution in [0.15, 0.2) is 24.3 Å². The van der Waals surface area contributed by atoms with E-state index in [0.717, 1.165) is 17.7 Å². The maximum Gasteiger partial charge on any atom is 0.152 e. The van der Waals surface area contributed by atoms with E-state index in [0.29, 0.717) is 0 Å². The molecule has 0 aliphatic heterocycles. The average molecular weight is 235 g/mol. The highest BCUT2D eigenvalue weighted by Gasteiger charge is 2.19. The molecule has 0 amide bonds. The fourth-order valence-corrected chi connectivity index (χ4v) is 1.74. The number of hydrogen-bond acceptors (Lipinski definition) is 3. The number of benzene rings is 1. The molecule has 0 aromatic heterocycles. The Morgan fingerprint density at radius 1 is 1.29 bits per heavy atom. The van der Waals surface area contributed by atoms with E-state index < -0.39 is 0 Å². The van der Waals surface area contributed by atoms with Crippen LogP contribution >= 0.6 is 0 Å². The lowest BCUT2D eigenvalue weighted by Crippen LogP contribution is -2.38. The molecule has 1 atom stereocenters. The summed E-state index contributed by atoms with van der Waals surface area (Å²) in [5, 5.41) is 3.08. The van der Waals surface area contributed by atoms with Crippen LogP contribution in [0.5, 0.6) is 5.75 Å². The third-order valence-corrected chi connectivity index (χ3v) is 2.86. The van der Waals surface area contributed by atoms with Crippen molar-refractivity contribution < 1.29 is 9.53 Å². The molecule has 0 aliphatic carbocycles. The second-order valence-electron chi connectivity index (χ2n) is 4.45. The van der Waals surface area contributed by atoms with Gasteiger partial charge >= 0.3 is 0 Å². The molecule has 94 valence electrons. The maximum absolute atomic E-state index is 11.9. The molecule has 3 heteroatoms. The number of methoxy groups -OCH3 is 1. The predicted molar refractivity (Wildman–Crippen MR) is 69.4 cm³/mol. The lowest BCUT2D eigenvalue weighted by Gasteiger charge is -2.17. The van der Waals surface area contributed by atoms with Crippen LogP contribution in [0.25, 0.3) is 0 Å². The first-order chi connectivity index (χ1) is 8.08. The van der Waals surface area contributed by atoms with Crippen molar-refractivity contribution in [3.05, 3.63) is 29.8 Å². The fraction of sp³-hybridized carbons (Fsp3) is 0.500. The Morgan fingerprint density at radius 3 is 2.29 bits per heavy atom. The van der Waals surface area contributed by atoms with E-state index in [-0.39, 0.29) is 17.7 Å². The number of carbonyl (C=O) groups excluding carboxylic acids is 1. The van der Waals surface area contributed by atoms with Gasteiger partial charge in [0.15, 0.2) is 5.78 Å². The maximum atomic E-state index is 11.9. The average Bonchev–Trinajstić information content (AvgIpc) is 2.35. The van der Waals surface area contributed by atoms with Crippen LogP contribution in [-0.2, 0) is 11.2 Å². The van der Waals surface area contributed by atoms with Gasteiger partial charge < -0.3 is 10.1 Å². The van der Waals surface area contributed by atoms with E-state index in [1.807, 2.05) is 45.2 Å². The van der Waals surface area contributed by atoms with Crippen LogP contribution in [0, 0.1) is 5.92 Å². The Labute approximate surface area is 103 Å². The van der Waals surface area contributed by atoms with Crippen molar-refractivity contribution in [1.29, 1.82) is 0 Å². The van der Waals surface area contributed by atoms with Crippen LogP contribution in [0.2, 0.25) is 0 Å². The molecule has 0 saturated heterocycles. The number of Topliss-reactive ketones (excluding diaryl/α,β-unsaturated/α-hetero) is 1. The molecule has 0 fully saturated rings. The topological polar surface area (TPSA) is 38.3 Å². The van der Waals surface area contributed by atoms with Gasteiger partial charge in [-0.25, -0.2) is 0 Å². The molecule has 0 saturated carbocycles. The third kappa shape index (κ3) is 3.86. The number of ketones is 1. The van der Waals surface area contributed by atoms with E-state index in [9.17, 15) is 4.79 Å². The van der Waals surface area contributed by atoms with Crippen LogP contribution in [0.3, 0.4) is 0 Å². The minimum atomic E-state index is -0.108. The third-order valence-electron chi connectivity index (χ3n) is 2.86. The van der Waals surface area contributed by atoms with Gasteiger partial charge in [0.25, 0.3) is 0 Å². The van der Waals surface area contributed by atoms with Gasteiger partial charge in [-0.15, -0.1) is 0 Å². The summed E-state index contributed by atoms with van der Waals surface area (Å²) < 4.78 is 5.10. The molecule has 1 N–H and O–H groups in total. The molecular formula is C14H21NO2. The van der Waals surface area contributed by atoms with Crippen molar-refractivity contribution in [3.8, 4) is 5.75 Å². The van der Waals surface area contributed by atoms with Gasteiger partial charge in [0, 0.05) is 5.92 Å². The number of likely N-dealkylation sites (N-methyl/N-ethyl adjacent to an activating group) is 1. The lowest BCUT2D eigenvalue weighted by atomic mass is 9.96. The zero-order valence-corrected chi connectivity index (χ0v) is 11.0. The molecule has 0 radical (unpaired) electrons. The first kappa shape index (κ1) is 13.7. The molecule has 17 heavy (non-hydrogen) atoms. The monoisotopic (exact) mass is 235 g/mol. The van der Waals surface area contributed by atoms with Crippen LogP contribution in [0.4, 0.5) is 0 Å². The number of carbonyl (C=O) groups is 1. The summed E-state index contributed by atoms with van der Waals surface area (Å²) in [6.45, 7) is 3.86. The van der Waals surface area contributed by atoms with Crippen LogP contribution in [0.1, 0.15) is 19.4 Å². The Morgan fingerprint density at radius 2 is 1.88 bits per heavy atom. The molecule has 3 nitrogen and oxygen atoms in total. The predicted octanol–water partition coefficient (Wildman–Crippen LogP) is 2.05. The smallest absolute Gasteiger partial charge is 0.152 e. The van der Waals surface area contributed by atoms with Gasteiger partial charge in [-0.05, 0) is 31.2 Å². The first-order valence-corrected chi connectivity index (χ1v) is 5.92. The summed E-state index contributed by atoms with van der Waals surface area (Å²) in [4.78, 5) is 11.9. The highest BCUT2D eigenvalue weighted by Crippen LogP contribution is 2.14. The Hall–Kier alpha value is -1.35. The fourth-order valence-electron chi connectivity index (χ4n) is 1.74. The van der Waals surface area contributed by atoms with Crippen LogP contribution in [-0.4, -0.2) is 26.0 Å². The van der Waals surface area contributed by atoms with Crippen molar-refractivity contribution in [3.63, 3.8) is 0 Å². The van der Waals surface area contributed by atoms with E-state index >= 15 is 0 Å². The Bertz CT molecular complexity index is 357. The molecule has 1 aromatic carbocycles. The molecule has 0 aliphatic rings. The summed E-state index contributed by atoms with van der Waals surface area (Å²) in [5.41, 5.74) is 1.14. The molecular weight excluding hydrogens is 214 g/mol. The van der Waals surface area contributed by atoms with Gasteiger partial charge in [0.1, 0.15) is 5.75 Å². The van der Waals surface area contributed by atoms with E-state index in [4.69, 9.17) is 4.74 Å². The van der Waals surface area contributed by atoms with Crippen molar-refractivity contribution in [2.45, 2.75) is 26.3 Å². The highest BCUT2D eigenvalue weighted by molar-refractivity contribution is 5.85. The Balaban J connectivity index is 2.70. The molecule has 0 bridgehead atoms. The standard InChI is InChI=1S/C14H21NO2/c1-10(2)14(16)13(15-3)9-11-5-7-12(17-4)8-6-11/h5-8,10,13,15H,9H2,1-4H3/t13-/m0/s1. The van der Waals surface area contributed by atoms with Crippen molar-refractivity contribution in [1.82, 2.24) is 5.32 Å². The Kier molecular flexibility index (Phi) is 5.16. The zero-order valence-electron chi connectivity index (χ0n) is 11.0. The van der Waals surface area contributed by atoms with Crippen molar-refractivity contribution >= 4 is 5.78 Å². The first-order valence-electron chi connectivity index (χ1n) is 5.92. The van der Waals surface area contributed by atoms with Gasteiger partial charge in [-0.2, -0.15) is 0 Å². The quantitative estimate of drug-likeness (QED) is 0.820. The summed E-state index contributed by atoms with van der Waals surface area (Å²) in [7, 11) is 3.47. The molecule has 1 rings (SSSR count). The van der Waals surface area contributed by atoms with E-state index in [1.54, 1.807) is 7.11 Å². The normalized spacial score (nSPS) is 12.5. The number of rotatable bonds is 6. The summed E-state index contributed by atoms with van der Waals surface area (Å²) in [6, 6.07) is 7.72. The molecule has 0 spiro atoms. The zero-order chi connectivity index (χ0) is 12.8. The van der Waals surface area contributed by atoms with Gasteiger partial charge in [-0.1, -0.05) is 26.0 Å².